The number of hydrogen-bond acceptors (Lipinski definition) is 4. The van der Waals surface area contributed by atoms with Crippen LogP contribution in [0.5, 0.6) is 11.5 Å². The largest absolute Gasteiger partial charge is 0.493 e. The molecular formula is C24H18ClIN2O3. The molecule has 0 aliphatic heterocycles. The smallest absolute Gasteiger partial charge is 0.266 e. The van der Waals surface area contributed by atoms with Gasteiger partial charge < -0.3 is 14.8 Å². The predicted molar refractivity (Wildman–Crippen MR) is 130 cm³/mol. The van der Waals surface area contributed by atoms with E-state index in [4.69, 9.17) is 21.1 Å². The number of para-hydroxylation sites is 1. The first-order valence-corrected chi connectivity index (χ1v) is 10.7. The van der Waals surface area contributed by atoms with Crippen LogP contribution >= 0.6 is 34.2 Å². The maximum absolute atomic E-state index is 12.5. The van der Waals surface area contributed by atoms with Crippen LogP contribution in [0, 0.1) is 14.9 Å². The number of methoxy groups -OCH3 is 1. The number of nitriles is 1. The summed E-state index contributed by atoms with van der Waals surface area (Å²) in [5.74, 6) is 0.612. The highest BCUT2D eigenvalue weighted by atomic mass is 127. The Bertz CT molecular complexity index is 1140. The summed E-state index contributed by atoms with van der Waals surface area (Å²) in [6.45, 7) is 0.349. The Morgan fingerprint density at radius 1 is 1.16 bits per heavy atom. The van der Waals surface area contributed by atoms with Crippen LogP contribution in [-0.2, 0) is 11.4 Å². The molecule has 0 fully saturated rings. The maximum atomic E-state index is 12.5. The molecule has 3 rings (SSSR count). The van der Waals surface area contributed by atoms with Gasteiger partial charge in [0.15, 0.2) is 11.5 Å². The topological polar surface area (TPSA) is 71.3 Å². The van der Waals surface area contributed by atoms with Crippen molar-refractivity contribution >= 4 is 51.9 Å². The monoisotopic (exact) mass is 544 g/mol. The molecule has 0 unspecified atom stereocenters. The van der Waals surface area contributed by atoms with Gasteiger partial charge in [0.25, 0.3) is 5.91 Å². The standard InChI is InChI=1S/C24H18ClIN2O3/c1-30-22-13-17(11-18(14-27)24(29)28-20-5-3-2-4-6-20)12-21(26)23(22)31-15-16-7-9-19(25)10-8-16/h2-13H,15H2,1H3,(H,28,29)/b18-11-. The third-order valence-electron chi connectivity index (χ3n) is 4.26. The summed E-state index contributed by atoms with van der Waals surface area (Å²) >= 11 is 8.06. The molecule has 1 N–H and O–H groups in total. The third-order valence-corrected chi connectivity index (χ3v) is 5.31. The van der Waals surface area contributed by atoms with Crippen LogP contribution in [0.4, 0.5) is 5.69 Å². The first-order valence-electron chi connectivity index (χ1n) is 9.23. The lowest BCUT2D eigenvalue weighted by Gasteiger charge is -2.14. The molecule has 0 aliphatic carbocycles. The number of nitrogens with one attached hydrogen (secondary N) is 1. The number of hydrogen-bond donors (Lipinski definition) is 1. The van der Waals surface area contributed by atoms with E-state index < -0.39 is 5.91 Å². The number of benzene rings is 3. The zero-order valence-electron chi connectivity index (χ0n) is 16.6. The lowest BCUT2D eigenvalue weighted by molar-refractivity contribution is -0.112. The van der Waals surface area contributed by atoms with E-state index in [2.05, 4.69) is 27.9 Å². The molecule has 31 heavy (non-hydrogen) atoms. The Morgan fingerprint density at radius 3 is 2.52 bits per heavy atom. The average Bonchev–Trinajstić information content (AvgIpc) is 2.78. The fourth-order valence-electron chi connectivity index (χ4n) is 2.73. The van der Waals surface area contributed by atoms with E-state index in [1.807, 2.05) is 30.3 Å². The lowest BCUT2D eigenvalue weighted by atomic mass is 10.1. The Labute approximate surface area is 199 Å². The molecular weight excluding hydrogens is 527 g/mol. The molecule has 1 amide bonds. The van der Waals surface area contributed by atoms with Gasteiger partial charge in [0.1, 0.15) is 18.2 Å². The normalized spacial score (nSPS) is 10.8. The van der Waals surface area contributed by atoms with Gasteiger partial charge in [-0.2, -0.15) is 5.26 Å². The first kappa shape index (κ1) is 22.7. The van der Waals surface area contributed by atoms with Gasteiger partial charge in [0.05, 0.1) is 10.7 Å². The molecule has 0 spiro atoms. The van der Waals surface area contributed by atoms with Crippen molar-refractivity contribution in [1.29, 1.82) is 5.26 Å². The van der Waals surface area contributed by atoms with Crippen molar-refractivity contribution in [1.82, 2.24) is 0 Å². The van der Waals surface area contributed by atoms with Crippen molar-refractivity contribution in [3.8, 4) is 17.6 Å². The van der Waals surface area contributed by atoms with Gasteiger partial charge in [0.2, 0.25) is 0 Å². The van der Waals surface area contributed by atoms with Gasteiger partial charge in [0, 0.05) is 10.7 Å². The van der Waals surface area contributed by atoms with Crippen LogP contribution in [0.15, 0.2) is 72.3 Å². The summed E-state index contributed by atoms with van der Waals surface area (Å²) in [5, 5.41) is 12.8. The minimum atomic E-state index is -0.481. The van der Waals surface area contributed by atoms with Crippen LogP contribution in [0.25, 0.3) is 6.08 Å². The van der Waals surface area contributed by atoms with E-state index in [1.54, 1.807) is 49.6 Å². The number of anilines is 1. The van der Waals surface area contributed by atoms with Crippen LogP contribution < -0.4 is 14.8 Å². The highest BCUT2D eigenvalue weighted by molar-refractivity contribution is 14.1. The van der Waals surface area contributed by atoms with E-state index in [0.29, 0.717) is 34.4 Å². The summed E-state index contributed by atoms with van der Waals surface area (Å²) in [5.41, 5.74) is 2.22. The van der Waals surface area contributed by atoms with Gasteiger partial charge in [-0.3, -0.25) is 4.79 Å². The van der Waals surface area contributed by atoms with E-state index in [1.165, 1.54) is 6.08 Å². The van der Waals surface area contributed by atoms with Crippen molar-refractivity contribution in [2.24, 2.45) is 0 Å². The Hall–Kier alpha value is -3.02. The number of ether oxygens (including phenoxy) is 2. The fourth-order valence-corrected chi connectivity index (χ4v) is 3.64. The zero-order valence-corrected chi connectivity index (χ0v) is 19.5. The maximum Gasteiger partial charge on any atom is 0.266 e. The second-order valence-corrected chi connectivity index (χ2v) is 8.04. The number of carbonyl (C=O) groups excluding carboxylic acids is 1. The highest BCUT2D eigenvalue weighted by Gasteiger charge is 2.14. The van der Waals surface area contributed by atoms with Gasteiger partial charge in [-0.1, -0.05) is 41.9 Å². The average molecular weight is 545 g/mol. The number of amides is 1. The fraction of sp³-hybridized carbons (Fsp3) is 0.0833. The number of halogens is 2. The van der Waals surface area contributed by atoms with Gasteiger partial charge in [-0.25, -0.2) is 0 Å². The van der Waals surface area contributed by atoms with Gasteiger partial charge in [-0.15, -0.1) is 0 Å². The number of rotatable bonds is 7. The summed E-state index contributed by atoms with van der Waals surface area (Å²) < 4.78 is 12.2. The summed E-state index contributed by atoms with van der Waals surface area (Å²) in [7, 11) is 1.54. The molecule has 5 nitrogen and oxygen atoms in total. The molecule has 0 bridgehead atoms. The second kappa shape index (κ2) is 10.8. The van der Waals surface area contributed by atoms with Crippen molar-refractivity contribution < 1.29 is 14.3 Å². The van der Waals surface area contributed by atoms with Gasteiger partial charge in [-0.05, 0) is 76.2 Å². The Kier molecular flexibility index (Phi) is 7.93. The summed E-state index contributed by atoms with van der Waals surface area (Å²) in [6, 6.07) is 21.9. The Balaban J connectivity index is 1.81. The number of carbonyl (C=O) groups is 1. The van der Waals surface area contributed by atoms with Crippen LogP contribution in [0.3, 0.4) is 0 Å². The Morgan fingerprint density at radius 2 is 1.87 bits per heavy atom. The SMILES string of the molecule is COc1cc(/C=C(/C#N)C(=O)Nc2ccccc2)cc(I)c1OCc1ccc(Cl)cc1. The van der Waals surface area contributed by atoms with Crippen LogP contribution in [0.2, 0.25) is 5.02 Å². The van der Waals surface area contributed by atoms with E-state index in [0.717, 1.165) is 9.13 Å². The molecule has 3 aromatic carbocycles. The lowest BCUT2D eigenvalue weighted by Crippen LogP contribution is -2.13. The van der Waals surface area contributed by atoms with E-state index in [-0.39, 0.29) is 5.57 Å². The molecule has 0 saturated heterocycles. The molecule has 0 radical (unpaired) electrons. The van der Waals surface area contributed by atoms with E-state index >= 15 is 0 Å². The molecule has 156 valence electrons. The molecule has 0 heterocycles. The summed E-state index contributed by atoms with van der Waals surface area (Å²) in [6.07, 6.45) is 1.52. The number of nitrogens with zero attached hydrogens (tertiary/aromatic N) is 1. The molecule has 0 aromatic heterocycles. The quantitative estimate of drug-likeness (QED) is 0.222. The minimum absolute atomic E-state index is 0.0171. The molecule has 0 aliphatic rings. The molecule has 3 aromatic rings. The first-order chi connectivity index (χ1) is 15.0. The highest BCUT2D eigenvalue weighted by Crippen LogP contribution is 2.35. The van der Waals surface area contributed by atoms with E-state index in [9.17, 15) is 10.1 Å². The zero-order chi connectivity index (χ0) is 22.2. The van der Waals surface area contributed by atoms with Crippen molar-refractivity contribution in [2.75, 3.05) is 12.4 Å². The van der Waals surface area contributed by atoms with Crippen LogP contribution in [-0.4, -0.2) is 13.0 Å². The third kappa shape index (κ3) is 6.23. The van der Waals surface area contributed by atoms with Gasteiger partial charge >= 0.3 is 0 Å². The van der Waals surface area contributed by atoms with Crippen LogP contribution in [0.1, 0.15) is 11.1 Å². The predicted octanol–water partition coefficient (Wildman–Crippen LogP) is 6.08. The molecule has 7 heteroatoms. The molecule has 0 atom stereocenters. The second-order valence-electron chi connectivity index (χ2n) is 6.44. The van der Waals surface area contributed by atoms with Crippen molar-refractivity contribution in [3.63, 3.8) is 0 Å². The van der Waals surface area contributed by atoms with Crippen molar-refractivity contribution in [2.45, 2.75) is 6.61 Å². The van der Waals surface area contributed by atoms with Crippen molar-refractivity contribution in [3.05, 3.63) is 92.0 Å². The molecule has 0 saturated carbocycles. The minimum Gasteiger partial charge on any atom is -0.493 e. The summed E-state index contributed by atoms with van der Waals surface area (Å²) in [4.78, 5) is 12.5.